The van der Waals surface area contributed by atoms with Crippen LogP contribution in [0.25, 0.3) is 11.3 Å². The van der Waals surface area contributed by atoms with Gasteiger partial charge in [-0.05, 0) is 57.9 Å². The third-order valence-electron chi connectivity index (χ3n) is 7.16. The Bertz CT molecular complexity index is 1490. The van der Waals surface area contributed by atoms with Crippen LogP contribution >= 0.6 is 0 Å². The highest BCUT2D eigenvalue weighted by atomic mass is 28.3. The molecule has 1 aromatic heterocycles. The SMILES string of the molecule is COC(=O)Nc1ccc2c(c1)N(C(=O)C(F)(F)F)CCCCC[C@H](NC(=O)OC(C)(C)C)c1nc-2c(C#N)n1COCC[Si](C)(C)C. The molecular weight excluding hydrogens is 637 g/mol. The number of anilines is 2. The number of methoxy groups -OCH3 is 1. The van der Waals surface area contributed by atoms with Crippen LogP contribution in [-0.2, 0) is 25.7 Å². The van der Waals surface area contributed by atoms with E-state index in [1.807, 2.05) is 0 Å². The predicted octanol–water partition coefficient (Wildman–Crippen LogP) is 6.95. The van der Waals surface area contributed by atoms with Crippen LogP contribution in [0.4, 0.5) is 34.1 Å². The van der Waals surface area contributed by atoms with Crippen LogP contribution in [0.2, 0.25) is 25.7 Å². The minimum absolute atomic E-state index is 0.0209. The number of hydrogen-bond donors (Lipinski definition) is 2. The molecule has 2 aromatic rings. The zero-order valence-corrected chi connectivity index (χ0v) is 28.8. The number of carbonyl (C=O) groups is 3. The quantitative estimate of drug-likeness (QED) is 0.236. The Morgan fingerprint density at radius 1 is 1.11 bits per heavy atom. The van der Waals surface area contributed by atoms with Crippen molar-refractivity contribution < 1.29 is 41.8 Å². The van der Waals surface area contributed by atoms with Gasteiger partial charge in [0.05, 0.1) is 18.8 Å². The van der Waals surface area contributed by atoms with Gasteiger partial charge in [0.1, 0.15) is 35.6 Å². The van der Waals surface area contributed by atoms with Crippen molar-refractivity contribution in [1.29, 1.82) is 5.26 Å². The highest BCUT2D eigenvalue weighted by molar-refractivity contribution is 6.76. The number of nitriles is 1. The van der Waals surface area contributed by atoms with Gasteiger partial charge < -0.3 is 24.4 Å². The van der Waals surface area contributed by atoms with E-state index < -0.39 is 44.0 Å². The number of alkyl carbamates (subject to hydrolysis) is 1. The number of ether oxygens (including phenoxy) is 3. The molecule has 0 fully saturated rings. The van der Waals surface area contributed by atoms with Crippen molar-refractivity contribution in [2.75, 3.05) is 30.5 Å². The number of aromatic nitrogens is 2. The first-order chi connectivity index (χ1) is 21.8. The molecular formula is C31H43F3N6O6Si. The third kappa shape index (κ3) is 10.4. The minimum Gasteiger partial charge on any atom is -0.453 e. The second kappa shape index (κ2) is 15.2. The second-order valence-electron chi connectivity index (χ2n) is 13.4. The van der Waals surface area contributed by atoms with Gasteiger partial charge in [-0.3, -0.25) is 14.7 Å². The van der Waals surface area contributed by atoms with Crippen LogP contribution in [0.15, 0.2) is 18.2 Å². The molecule has 47 heavy (non-hydrogen) atoms. The molecule has 0 saturated carbocycles. The Balaban J connectivity index is 2.28. The van der Waals surface area contributed by atoms with Gasteiger partial charge >= 0.3 is 24.3 Å². The van der Waals surface area contributed by atoms with Gasteiger partial charge in [0.2, 0.25) is 0 Å². The highest BCUT2D eigenvalue weighted by Gasteiger charge is 2.44. The molecule has 0 spiro atoms. The van der Waals surface area contributed by atoms with E-state index in [2.05, 4.69) is 41.1 Å². The summed E-state index contributed by atoms with van der Waals surface area (Å²) in [6.07, 6.45) is -5.45. The Hall–Kier alpha value is -4.10. The van der Waals surface area contributed by atoms with Gasteiger partial charge in [0.15, 0.2) is 0 Å². The maximum Gasteiger partial charge on any atom is 0.471 e. The zero-order chi connectivity index (χ0) is 35.2. The Morgan fingerprint density at radius 2 is 1.81 bits per heavy atom. The molecule has 3 amide bonds. The molecule has 2 heterocycles. The van der Waals surface area contributed by atoms with Crippen LogP contribution in [0.3, 0.4) is 0 Å². The zero-order valence-electron chi connectivity index (χ0n) is 27.8. The summed E-state index contributed by atoms with van der Waals surface area (Å²) in [6, 6.07) is 6.19. The molecule has 3 rings (SSSR count). The van der Waals surface area contributed by atoms with E-state index in [1.54, 1.807) is 20.8 Å². The summed E-state index contributed by atoms with van der Waals surface area (Å²) in [5.41, 5.74) is -0.985. The summed E-state index contributed by atoms with van der Waals surface area (Å²) in [4.78, 5) is 43.1. The van der Waals surface area contributed by atoms with Crippen molar-refractivity contribution in [3.63, 3.8) is 0 Å². The number of hydrogen-bond acceptors (Lipinski definition) is 8. The average molecular weight is 681 g/mol. The van der Waals surface area contributed by atoms with E-state index >= 15 is 0 Å². The normalized spacial score (nSPS) is 15.8. The summed E-state index contributed by atoms with van der Waals surface area (Å²) >= 11 is 0. The Kier molecular flexibility index (Phi) is 12.1. The summed E-state index contributed by atoms with van der Waals surface area (Å²) in [7, 11) is -0.350. The summed E-state index contributed by atoms with van der Waals surface area (Å²) in [6.45, 7) is 11.7. The minimum atomic E-state index is -5.21. The maximum atomic E-state index is 13.9. The number of amides is 3. The molecule has 258 valence electrons. The molecule has 0 radical (unpaired) electrons. The van der Waals surface area contributed by atoms with E-state index in [0.29, 0.717) is 30.8 Å². The first-order valence-electron chi connectivity index (χ1n) is 15.3. The number of fused-ring (bicyclic) bond motifs is 4. The van der Waals surface area contributed by atoms with E-state index in [1.165, 1.54) is 22.8 Å². The molecule has 1 aromatic carbocycles. The summed E-state index contributed by atoms with van der Waals surface area (Å²) < 4.78 is 59.5. The third-order valence-corrected chi connectivity index (χ3v) is 8.86. The largest absolute Gasteiger partial charge is 0.471 e. The lowest BCUT2D eigenvalue weighted by molar-refractivity contribution is -0.170. The number of benzene rings is 1. The molecule has 0 unspecified atom stereocenters. The first kappa shape index (κ1) is 37.4. The lowest BCUT2D eigenvalue weighted by atomic mass is 10.0. The maximum absolute atomic E-state index is 13.9. The lowest BCUT2D eigenvalue weighted by Gasteiger charge is -2.27. The molecule has 1 aliphatic heterocycles. The molecule has 1 aliphatic rings. The van der Waals surface area contributed by atoms with Crippen LogP contribution in [0.5, 0.6) is 0 Å². The van der Waals surface area contributed by atoms with Gasteiger partial charge in [0, 0.05) is 32.5 Å². The van der Waals surface area contributed by atoms with Crippen molar-refractivity contribution in [3.05, 3.63) is 29.7 Å². The van der Waals surface area contributed by atoms with Gasteiger partial charge in [-0.1, -0.05) is 32.5 Å². The number of halogens is 3. The topological polar surface area (TPSA) is 148 Å². The van der Waals surface area contributed by atoms with Gasteiger partial charge in [-0.25, -0.2) is 14.6 Å². The van der Waals surface area contributed by atoms with Crippen LogP contribution in [0.1, 0.15) is 64.0 Å². The van der Waals surface area contributed by atoms with Crippen LogP contribution in [-0.4, -0.2) is 67.8 Å². The number of rotatable bonds is 7. The number of nitrogens with zero attached hydrogens (tertiary/aromatic N) is 4. The molecule has 1 atom stereocenters. The summed E-state index contributed by atoms with van der Waals surface area (Å²) in [5.74, 6) is -1.87. The van der Waals surface area contributed by atoms with E-state index in [4.69, 9.17) is 14.5 Å². The fourth-order valence-corrected chi connectivity index (χ4v) is 5.66. The standard InChI is InChI=1S/C31H43F3N6O6Si/c1-30(2,3)46-29(43)37-22-11-9-8-10-14-39(27(41)31(32,33)34)23-17-20(36-28(42)44-4)12-13-21(23)25-24(18-35)40(26(22)38-25)19-45-15-16-47(5,6)7/h12-13,17,22H,8-11,14-16,19H2,1-7H3,(H,36,42)(H,37,43)/t22-/m0/s1. The number of carbonyl (C=O) groups excluding carboxylic acids is 3. The van der Waals surface area contributed by atoms with Crippen molar-refractivity contribution >= 4 is 37.5 Å². The Labute approximate surface area is 273 Å². The summed E-state index contributed by atoms with van der Waals surface area (Å²) in [5, 5.41) is 15.7. The van der Waals surface area contributed by atoms with Crippen LogP contribution < -0.4 is 15.5 Å². The average Bonchev–Trinajstić information content (AvgIpc) is 3.31. The molecule has 0 saturated heterocycles. The second-order valence-corrected chi connectivity index (χ2v) is 19.0. The van der Waals surface area contributed by atoms with Crippen molar-refractivity contribution in [2.45, 2.75) is 96.7 Å². The van der Waals surface area contributed by atoms with Gasteiger partial charge in [-0.2, -0.15) is 18.4 Å². The molecule has 0 aliphatic carbocycles. The van der Waals surface area contributed by atoms with Crippen molar-refractivity contribution in [2.24, 2.45) is 0 Å². The Morgan fingerprint density at radius 3 is 2.40 bits per heavy atom. The van der Waals surface area contributed by atoms with E-state index in [0.717, 1.165) is 13.2 Å². The number of alkyl halides is 3. The van der Waals surface area contributed by atoms with Crippen LogP contribution in [0, 0.1) is 11.3 Å². The first-order valence-corrected chi connectivity index (χ1v) is 19.0. The lowest BCUT2D eigenvalue weighted by Crippen LogP contribution is -2.42. The predicted molar refractivity (Wildman–Crippen MR) is 171 cm³/mol. The van der Waals surface area contributed by atoms with Gasteiger partial charge in [-0.15, -0.1) is 0 Å². The van der Waals surface area contributed by atoms with Gasteiger partial charge in [0.25, 0.3) is 0 Å². The number of imidazole rings is 1. The van der Waals surface area contributed by atoms with E-state index in [9.17, 15) is 32.8 Å². The van der Waals surface area contributed by atoms with Crippen molar-refractivity contribution in [3.8, 4) is 17.3 Å². The molecule has 2 N–H and O–H groups in total. The number of nitrogens with one attached hydrogen (secondary N) is 2. The fraction of sp³-hybridized carbons (Fsp3) is 0.581. The molecule has 2 bridgehead atoms. The fourth-order valence-electron chi connectivity index (χ4n) is 4.90. The van der Waals surface area contributed by atoms with E-state index in [-0.39, 0.29) is 53.8 Å². The monoisotopic (exact) mass is 680 g/mol. The molecule has 12 nitrogen and oxygen atoms in total. The highest BCUT2D eigenvalue weighted by Crippen LogP contribution is 2.39. The van der Waals surface area contributed by atoms with Crippen molar-refractivity contribution in [1.82, 2.24) is 14.9 Å². The smallest absolute Gasteiger partial charge is 0.453 e. The molecule has 16 heteroatoms.